The van der Waals surface area contributed by atoms with Gasteiger partial charge in [0.1, 0.15) is 0 Å². The topological polar surface area (TPSA) is 75.5 Å². The Morgan fingerprint density at radius 1 is 1.38 bits per heavy atom. The van der Waals surface area contributed by atoms with Gasteiger partial charge in [-0.15, -0.1) is 0 Å². The molecule has 1 aromatic carbocycles. The first-order valence-electron chi connectivity index (χ1n) is 6.94. The van der Waals surface area contributed by atoms with Gasteiger partial charge in [0.25, 0.3) is 11.6 Å². The third-order valence-corrected chi connectivity index (χ3v) is 4.86. The van der Waals surface area contributed by atoms with E-state index in [1.807, 2.05) is 4.90 Å². The Kier molecular flexibility index (Phi) is 3.71. The Hall–Kier alpha value is -1.47. The van der Waals surface area contributed by atoms with E-state index in [4.69, 9.17) is 0 Å². The van der Waals surface area contributed by atoms with E-state index in [9.17, 15) is 14.9 Å². The van der Waals surface area contributed by atoms with E-state index in [1.165, 1.54) is 12.1 Å². The first-order chi connectivity index (χ1) is 9.99. The van der Waals surface area contributed by atoms with Crippen molar-refractivity contribution in [3.05, 3.63) is 38.3 Å². The third-order valence-electron chi connectivity index (χ3n) is 4.40. The highest BCUT2D eigenvalue weighted by atomic mass is 79.9. The highest BCUT2D eigenvalue weighted by molar-refractivity contribution is 9.10. The largest absolute Gasteiger partial charge is 0.338 e. The summed E-state index contributed by atoms with van der Waals surface area (Å²) in [6.45, 7) is 3.42. The highest BCUT2D eigenvalue weighted by Gasteiger charge is 2.42. The first kappa shape index (κ1) is 14.5. The van der Waals surface area contributed by atoms with Gasteiger partial charge in [-0.2, -0.15) is 0 Å². The zero-order valence-electron chi connectivity index (χ0n) is 11.5. The molecular formula is C14H16BrN3O3. The SMILES string of the molecule is O=C(c1cc(Br)cc([N+](=O)[O-])c1)N1CCC2(CCNC2)C1. The van der Waals surface area contributed by atoms with Crippen LogP contribution in [0.5, 0.6) is 0 Å². The van der Waals surface area contributed by atoms with Crippen molar-refractivity contribution in [3.63, 3.8) is 0 Å². The number of nitro benzene ring substituents is 1. The zero-order chi connectivity index (χ0) is 15.0. The molecule has 2 aliphatic heterocycles. The molecule has 7 heteroatoms. The molecule has 112 valence electrons. The van der Waals surface area contributed by atoms with Crippen LogP contribution >= 0.6 is 15.9 Å². The molecule has 21 heavy (non-hydrogen) atoms. The van der Waals surface area contributed by atoms with Crippen LogP contribution in [0.3, 0.4) is 0 Å². The average molecular weight is 354 g/mol. The number of benzene rings is 1. The molecule has 1 aromatic rings. The number of amides is 1. The quantitative estimate of drug-likeness (QED) is 0.653. The second-order valence-corrected chi connectivity index (χ2v) is 6.77. The van der Waals surface area contributed by atoms with Crippen molar-refractivity contribution in [1.82, 2.24) is 10.2 Å². The summed E-state index contributed by atoms with van der Waals surface area (Å²) in [5.41, 5.74) is 0.511. The van der Waals surface area contributed by atoms with Crippen LogP contribution in [0, 0.1) is 15.5 Å². The van der Waals surface area contributed by atoms with E-state index in [0.29, 0.717) is 10.0 Å². The number of non-ortho nitro benzene ring substituents is 1. The van der Waals surface area contributed by atoms with Gasteiger partial charge >= 0.3 is 0 Å². The Morgan fingerprint density at radius 3 is 2.86 bits per heavy atom. The number of nitro groups is 1. The van der Waals surface area contributed by atoms with Crippen LogP contribution in [0.1, 0.15) is 23.2 Å². The summed E-state index contributed by atoms with van der Waals surface area (Å²) >= 11 is 3.23. The Bertz CT molecular complexity index is 599. The summed E-state index contributed by atoms with van der Waals surface area (Å²) in [6.07, 6.45) is 2.09. The fraction of sp³-hybridized carbons (Fsp3) is 0.500. The lowest BCUT2D eigenvalue weighted by Crippen LogP contribution is -2.33. The van der Waals surface area contributed by atoms with Crippen LogP contribution in [-0.4, -0.2) is 41.9 Å². The average Bonchev–Trinajstić information content (AvgIpc) is 3.08. The number of halogens is 1. The second kappa shape index (κ2) is 5.38. The Balaban J connectivity index is 1.81. The van der Waals surface area contributed by atoms with Gasteiger partial charge in [-0.1, -0.05) is 15.9 Å². The maximum absolute atomic E-state index is 12.6. The van der Waals surface area contributed by atoms with Gasteiger partial charge in [-0.25, -0.2) is 0 Å². The molecule has 2 saturated heterocycles. The molecule has 0 radical (unpaired) electrons. The van der Waals surface area contributed by atoms with Crippen molar-refractivity contribution in [1.29, 1.82) is 0 Å². The Labute approximate surface area is 130 Å². The Morgan fingerprint density at radius 2 is 2.19 bits per heavy atom. The summed E-state index contributed by atoms with van der Waals surface area (Å²) in [5.74, 6) is -0.122. The highest BCUT2D eigenvalue weighted by Crippen LogP contribution is 2.36. The zero-order valence-corrected chi connectivity index (χ0v) is 13.1. The summed E-state index contributed by atoms with van der Waals surface area (Å²) in [7, 11) is 0. The molecule has 0 saturated carbocycles. The molecule has 2 aliphatic rings. The number of carbonyl (C=O) groups excluding carboxylic acids is 1. The summed E-state index contributed by atoms with van der Waals surface area (Å²) in [4.78, 5) is 24.8. The van der Waals surface area contributed by atoms with Crippen LogP contribution in [0.2, 0.25) is 0 Å². The molecule has 0 aromatic heterocycles. The summed E-state index contributed by atoms with van der Waals surface area (Å²) < 4.78 is 0.552. The molecule has 1 unspecified atom stereocenters. The van der Waals surface area contributed by atoms with Crippen LogP contribution in [0.25, 0.3) is 0 Å². The minimum Gasteiger partial charge on any atom is -0.338 e. The molecule has 1 N–H and O–H groups in total. The molecule has 0 aliphatic carbocycles. The number of hydrogen-bond donors (Lipinski definition) is 1. The molecule has 0 bridgehead atoms. The maximum Gasteiger partial charge on any atom is 0.271 e. The lowest BCUT2D eigenvalue weighted by Gasteiger charge is -2.22. The molecule has 1 amide bonds. The molecule has 6 nitrogen and oxygen atoms in total. The second-order valence-electron chi connectivity index (χ2n) is 5.86. The standard InChI is InChI=1S/C14H16BrN3O3/c15-11-5-10(6-12(7-11)18(20)21)13(19)17-4-2-14(9-17)1-3-16-8-14/h5-7,16H,1-4,8-9H2. The van der Waals surface area contributed by atoms with Gasteiger partial charge in [0.15, 0.2) is 0 Å². The smallest absolute Gasteiger partial charge is 0.271 e. The van der Waals surface area contributed by atoms with Gasteiger partial charge < -0.3 is 10.2 Å². The number of nitrogens with one attached hydrogen (secondary N) is 1. The van der Waals surface area contributed by atoms with Crippen molar-refractivity contribution < 1.29 is 9.72 Å². The molecule has 3 rings (SSSR count). The van der Waals surface area contributed by atoms with Crippen LogP contribution < -0.4 is 5.32 Å². The molecule has 1 spiro atoms. The van der Waals surface area contributed by atoms with Gasteiger partial charge in [-0.3, -0.25) is 14.9 Å². The van der Waals surface area contributed by atoms with Crippen molar-refractivity contribution in [2.75, 3.05) is 26.2 Å². The monoisotopic (exact) mass is 353 g/mol. The molecule has 1 atom stereocenters. The summed E-state index contributed by atoms with van der Waals surface area (Å²) in [6, 6.07) is 4.40. The van der Waals surface area contributed by atoms with Crippen molar-refractivity contribution in [2.45, 2.75) is 12.8 Å². The normalized spacial score (nSPS) is 24.7. The van der Waals surface area contributed by atoms with Crippen molar-refractivity contribution in [2.24, 2.45) is 5.41 Å². The number of rotatable bonds is 2. The van der Waals surface area contributed by atoms with E-state index in [2.05, 4.69) is 21.2 Å². The van der Waals surface area contributed by atoms with Gasteiger partial charge in [0.2, 0.25) is 0 Å². The first-order valence-corrected chi connectivity index (χ1v) is 7.73. The van der Waals surface area contributed by atoms with Gasteiger partial charge in [0.05, 0.1) is 4.92 Å². The number of likely N-dealkylation sites (tertiary alicyclic amines) is 1. The maximum atomic E-state index is 12.6. The van der Waals surface area contributed by atoms with Gasteiger partial charge in [0, 0.05) is 47.2 Å². The van der Waals surface area contributed by atoms with E-state index >= 15 is 0 Å². The molecule has 2 fully saturated rings. The van der Waals surface area contributed by atoms with Crippen LogP contribution in [0.4, 0.5) is 5.69 Å². The molecular weight excluding hydrogens is 338 g/mol. The fourth-order valence-corrected chi connectivity index (χ4v) is 3.72. The lowest BCUT2D eigenvalue weighted by molar-refractivity contribution is -0.385. The van der Waals surface area contributed by atoms with E-state index in [-0.39, 0.29) is 17.0 Å². The van der Waals surface area contributed by atoms with Crippen LogP contribution in [0.15, 0.2) is 22.7 Å². The van der Waals surface area contributed by atoms with Crippen molar-refractivity contribution in [3.8, 4) is 0 Å². The van der Waals surface area contributed by atoms with E-state index in [0.717, 1.165) is 39.0 Å². The van der Waals surface area contributed by atoms with E-state index < -0.39 is 4.92 Å². The minimum absolute atomic E-state index is 0.0656. The number of hydrogen-bond acceptors (Lipinski definition) is 4. The van der Waals surface area contributed by atoms with Gasteiger partial charge in [-0.05, 0) is 25.5 Å². The third kappa shape index (κ3) is 2.80. The predicted molar refractivity (Wildman–Crippen MR) is 81.2 cm³/mol. The number of nitrogens with zero attached hydrogens (tertiary/aromatic N) is 2. The van der Waals surface area contributed by atoms with E-state index in [1.54, 1.807) is 6.07 Å². The van der Waals surface area contributed by atoms with Crippen molar-refractivity contribution >= 4 is 27.5 Å². The van der Waals surface area contributed by atoms with Crippen LogP contribution in [-0.2, 0) is 0 Å². The minimum atomic E-state index is -0.478. The lowest BCUT2D eigenvalue weighted by atomic mass is 9.86. The predicted octanol–water partition coefficient (Wildman–Crippen LogP) is 2.18. The fourth-order valence-electron chi connectivity index (χ4n) is 3.24. The molecule has 2 heterocycles. The number of carbonyl (C=O) groups is 1. The summed E-state index contributed by atoms with van der Waals surface area (Å²) in [5, 5.41) is 14.3.